The highest BCUT2D eigenvalue weighted by Gasteiger charge is 2.11. The zero-order valence-electron chi connectivity index (χ0n) is 10.2. The summed E-state index contributed by atoms with van der Waals surface area (Å²) in [6, 6.07) is 0. The van der Waals surface area contributed by atoms with Crippen molar-refractivity contribution in [3.05, 3.63) is 25.4 Å². The minimum atomic E-state index is -0.0273. The van der Waals surface area contributed by atoms with Crippen LogP contribution in [0.5, 0.6) is 0 Å². The first kappa shape index (κ1) is 15.0. The fraction of sp³-hybridized carbons (Fsp3) is 0.667. The number of hydrogen-bond donors (Lipinski definition) is 0. The Kier molecular flexibility index (Phi) is 6.48. The van der Waals surface area contributed by atoms with Gasteiger partial charge in [-0.1, -0.05) is 44.7 Å². The number of aromatic nitrogens is 2. The van der Waals surface area contributed by atoms with Crippen LogP contribution in [-0.4, -0.2) is 9.55 Å². The normalized spacial score (nSPS) is 12.7. The highest BCUT2D eigenvalue weighted by Crippen LogP contribution is 2.15. The number of nitrogens with zero attached hydrogens (tertiary/aromatic N) is 2. The third-order valence-corrected chi connectivity index (χ3v) is 4.52. The standard InChI is InChI=1S/C12H18ClIN2O/c1-3-5-6-9(4-2)7-16-8-15-11(13)10(14)12(16)17/h8-9H,3-7H2,1-2H3. The summed E-state index contributed by atoms with van der Waals surface area (Å²) in [6.07, 6.45) is 6.22. The molecule has 0 amide bonds. The van der Waals surface area contributed by atoms with Crippen molar-refractivity contribution in [3.8, 4) is 0 Å². The van der Waals surface area contributed by atoms with E-state index in [2.05, 4.69) is 18.8 Å². The summed E-state index contributed by atoms with van der Waals surface area (Å²) < 4.78 is 2.19. The average molecular weight is 369 g/mol. The summed E-state index contributed by atoms with van der Waals surface area (Å²) in [5.41, 5.74) is -0.0273. The maximum Gasteiger partial charge on any atom is 0.268 e. The molecule has 0 saturated carbocycles. The highest BCUT2D eigenvalue weighted by molar-refractivity contribution is 14.1. The van der Waals surface area contributed by atoms with Crippen LogP contribution in [0.4, 0.5) is 0 Å². The third-order valence-electron chi connectivity index (χ3n) is 2.94. The Morgan fingerprint density at radius 2 is 2.24 bits per heavy atom. The maximum absolute atomic E-state index is 11.9. The Hall–Kier alpha value is -0.100. The molecule has 0 bridgehead atoms. The van der Waals surface area contributed by atoms with Crippen molar-refractivity contribution >= 4 is 34.2 Å². The van der Waals surface area contributed by atoms with Crippen LogP contribution in [0, 0.1) is 9.49 Å². The number of halogens is 2. The van der Waals surface area contributed by atoms with Gasteiger partial charge in [-0.15, -0.1) is 0 Å². The van der Waals surface area contributed by atoms with E-state index in [9.17, 15) is 4.79 Å². The molecule has 1 atom stereocenters. The van der Waals surface area contributed by atoms with Crippen molar-refractivity contribution in [2.45, 2.75) is 46.1 Å². The molecule has 17 heavy (non-hydrogen) atoms. The number of unbranched alkanes of at least 4 members (excludes halogenated alkanes) is 1. The molecule has 1 aromatic heterocycles. The van der Waals surface area contributed by atoms with E-state index < -0.39 is 0 Å². The quantitative estimate of drug-likeness (QED) is 0.566. The van der Waals surface area contributed by atoms with Gasteiger partial charge in [0.05, 0.1) is 6.33 Å². The van der Waals surface area contributed by atoms with Crippen LogP contribution in [0.25, 0.3) is 0 Å². The molecule has 1 heterocycles. The molecule has 0 radical (unpaired) electrons. The Morgan fingerprint density at radius 3 is 2.82 bits per heavy atom. The van der Waals surface area contributed by atoms with Crippen LogP contribution in [0.3, 0.4) is 0 Å². The Morgan fingerprint density at radius 1 is 1.53 bits per heavy atom. The first-order chi connectivity index (χ1) is 8.10. The monoisotopic (exact) mass is 368 g/mol. The molecule has 0 N–H and O–H groups in total. The molecular weight excluding hydrogens is 351 g/mol. The second-order valence-electron chi connectivity index (χ2n) is 4.22. The lowest BCUT2D eigenvalue weighted by Gasteiger charge is -2.15. The van der Waals surface area contributed by atoms with Gasteiger partial charge in [-0.3, -0.25) is 9.36 Å². The summed E-state index contributed by atoms with van der Waals surface area (Å²) in [6.45, 7) is 5.10. The van der Waals surface area contributed by atoms with E-state index in [0.29, 0.717) is 14.6 Å². The maximum atomic E-state index is 11.9. The van der Waals surface area contributed by atoms with Crippen molar-refractivity contribution in [3.63, 3.8) is 0 Å². The number of hydrogen-bond acceptors (Lipinski definition) is 2. The van der Waals surface area contributed by atoms with Crippen LogP contribution in [-0.2, 0) is 6.54 Å². The third kappa shape index (κ3) is 4.25. The van der Waals surface area contributed by atoms with Gasteiger partial charge < -0.3 is 0 Å². The summed E-state index contributed by atoms with van der Waals surface area (Å²) in [4.78, 5) is 16.0. The molecule has 1 unspecified atom stereocenters. The van der Waals surface area contributed by atoms with Crippen LogP contribution in [0.15, 0.2) is 11.1 Å². The van der Waals surface area contributed by atoms with Crippen molar-refractivity contribution in [2.75, 3.05) is 0 Å². The largest absolute Gasteiger partial charge is 0.298 e. The molecular formula is C12H18ClIN2O. The Balaban J connectivity index is 2.80. The van der Waals surface area contributed by atoms with E-state index in [0.717, 1.165) is 13.0 Å². The minimum Gasteiger partial charge on any atom is -0.298 e. The summed E-state index contributed by atoms with van der Waals surface area (Å²) in [5.74, 6) is 0.548. The minimum absolute atomic E-state index is 0.0273. The summed E-state index contributed by atoms with van der Waals surface area (Å²) >= 11 is 7.76. The number of rotatable bonds is 6. The van der Waals surface area contributed by atoms with Gasteiger partial charge in [0, 0.05) is 6.54 Å². The Labute approximate surface area is 121 Å². The average Bonchev–Trinajstić information content (AvgIpc) is 2.34. The van der Waals surface area contributed by atoms with E-state index in [-0.39, 0.29) is 5.56 Å². The van der Waals surface area contributed by atoms with Gasteiger partial charge in [0.15, 0.2) is 0 Å². The van der Waals surface area contributed by atoms with E-state index in [4.69, 9.17) is 11.6 Å². The molecule has 0 aliphatic carbocycles. The van der Waals surface area contributed by atoms with Crippen LogP contribution < -0.4 is 5.56 Å². The van der Waals surface area contributed by atoms with Crippen LogP contribution in [0.1, 0.15) is 39.5 Å². The SMILES string of the molecule is CCCCC(CC)Cn1cnc(Cl)c(I)c1=O. The van der Waals surface area contributed by atoms with Gasteiger partial charge in [0.25, 0.3) is 5.56 Å². The van der Waals surface area contributed by atoms with E-state index in [1.54, 1.807) is 10.9 Å². The zero-order chi connectivity index (χ0) is 12.8. The second-order valence-corrected chi connectivity index (χ2v) is 5.66. The van der Waals surface area contributed by atoms with Crippen molar-refractivity contribution in [2.24, 2.45) is 5.92 Å². The Bertz CT molecular complexity index is 419. The van der Waals surface area contributed by atoms with Crippen molar-refractivity contribution in [1.29, 1.82) is 0 Å². The topological polar surface area (TPSA) is 34.9 Å². The lowest BCUT2D eigenvalue weighted by molar-refractivity contribution is 0.382. The van der Waals surface area contributed by atoms with Crippen molar-refractivity contribution in [1.82, 2.24) is 9.55 Å². The van der Waals surface area contributed by atoms with Gasteiger partial charge in [0.2, 0.25) is 0 Å². The van der Waals surface area contributed by atoms with Gasteiger partial charge in [-0.05, 0) is 34.9 Å². The lowest BCUT2D eigenvalue weighted by atomic mass is 9.99. The molecule has 0 fully saturated rings. The predicted octanol–water partition coefficient (Wildman–Crippen LogP) is 3.72. The first-order valence-electron chi connectivity index (χ1n) is 6.00. The summed E-state index contributed by atoms with van der Waals surface area (Å²) in [7, 11) is 0. The molecule has 1 aromatic rings. The molecule has 1 rings (SSSR count). The zero-order valence-corrected chi connectivity index (χ0v) is 13.2. The van der Waals surface area contributed by atoms with E-state index in [1.807, 2.05) is 22.6 Å². The van der Waals surface area contributed by atoms with Gasteiger partial charge in [-0.25, -0.2) is 4.98 Å². The van der Waals surface area contributed by atoms with Gasteiger partial charge in [0.1, 0.15) is 8.72 Å². The molecule has 3 nitrogen and oxygen atoms in total. The molecule has 0 aliphatic heterocycles. The van der Waals surface area contributed by atoms with Gasteiger partial charge in [-0.2, -0.15) is 0 Å². The van der Waals surface area contributed by atoms with Crippen LogP contribution >= 0.6 is 34.2 Å². The molecule has 96 valence electrons. The fourth-order valence-electron chi connectivity index (χ4n) is 1.77. The van der Waals surface area contributed by atoms with Gasteiger partial charge >= 0.3 is 0 Å². The molecule has 0 aromatic carbocycles. The fourth-order valence-corrected chi connectivity index (χ4v) is 2.34. The molecule has 0 aliphatic rings. The van der Waals surface area contributed by atoms with Crippen LogP contribution in [0.2, 0.25) is 5.15 Å². The first-order valence-corrected chi connectivity index (χ1v) is 7.46. The predicted molar refractivity (Wildman–Crippen MR) is 79.5 cm³/mol. The smallest absolute Gasteiger partial charge is 0.268 e. The van der Waals surface area contributed by atoms with Crippen molar-refractivity contribution < 1.29 is 0 Å². The second kappa shape index (κ2) is 7.36. The lowest BCUT2D eigenvalue weighted by Crippen LogP contribution is -2.26. The summed E-state index contributed by atoms with van der Waals surface area (Å²) in [5, 5.41) is 0.299. The van der Waals surface area contributed by atoms with E-state index >= 15 is 0 Å². The van der Waals surface area contributed by atoms with E-state index in [1.165, 1.54) is 19.3 Å². The molecule has 0 spiro atoms. The molecule has 0 saturated heterocycles. The highest BCUT2D eigenvalue weighted by atomic mass is 127. The molecule has 5 heteroatoms.